The Balaban J connectivity index is 1.88. The van der Waals surface area contributed by atoms with Crippen LogP contribution in [0.4, 0.5) is 0 Å². The number of carbonyl (C=O) groups excluding carboxylic acids is 1. The third-order valence-electron chi connectivity index (χ3n) is 5.54. The van der Waals surface area contributed by atoms with E-state index in [0.29, 0.717) is 30.5 Å². The lowest BCUT2D eigenvalue weighted by atomic mass is 9.85. The number of hydrogen-bond donors (Lipinski definition) is 0. The normalized spacial score (nSPS) is 28.0. The van der Waals surface area contributed by atoms with Crippen LogP contribution in [-0.4, -0.2) is 47.9 Å². The van der Waals surface area contributed by atoms with Crippen LogP contribution < -0.4 is 0 Å². The van der Waals surface area contributed by atoms with E-state index in [1.165, 1.54) is 51.4 Å². The Labute approximate surface area is 124 Å². The lowest BCUT2D eigenvalue weighted by Gasteiger charge is -2.38. The average Bonchev–Trinajstić information content (AvgIpc) is 2.98. The SMILES string of the molecule is CCN(CC(=O)N(C)C1CCCCC1C)C1CCCC1. The predicted molar refractivity (Wildman–Crippen MR) is 83.7 cm³/mol. The van der Waals surface area contributed by atoms with Crippen LogP contribution in [-0.2, 0) is 4.79 Å². The number of likely N-dealkylation sites (N-methyl/N-ethyl adjacent to an activating group) is 2. The lowest BCUT2D eigenvalue weighted by molar-refractivity contribution is -0.135. The smallest absolute Gasteiger partial charge is 0.236 e. The van der Waals surface area contributed by atoms with Crippen LogP contribution in [0.25, 0.3) is 0 Å². The van der Waals surface area contributed by atoms with E-state index in [1.807, 2.05) is 7.05 Å². The summed E-state index contributed by atoms with van der Waals surface area (Å²) < 4.78 is 0. The Hall–Kier alpha value is -0.570. The van der Waals surface area contributed by atoms with Crippen molar-refractivity contribution in [2.45, 2.75) is 77.3 Å². The predicted octanol–water partition coefficient (Wildman–Crippen LogP) is 3.29. The van der Waals surface area contributed by atoms with E-state index in [9.17, 15) is 4.79 Å². The van der Waals surface area contributed by atoms with Gasteiger partial charge in [-0.25, -0.2) is 0 Å². The summed E-state index contributed by atoms with van der Waals surface area (Å²) >= 11 is 0. The summed E-state index contributed by atoms with van der Waals surface area (Å²) in [5.41, 5.74) is 0. The molecule has 2 rings (SSSR count). The van der Waals surface area contributed by atoms with E-state index in [-0.39, 0.29) is 0 Å². The Bertz CT molecular complexity index is 312. The molecule has 2 aliphatic carbocycles. The van der Waals surface area contributed by atoms with Crippen LogP contribution in [0.5, 0.6) is 0 Å². The monoisotopic (exact) mass is 280 g/mol. The molecule has 0 aromatic rings. The zero-order valence-corrected chi connectivity index (χ0v) is 13.6. The molecule has 3 heteroatoms. The maximum absolute atomic E-state index is 12.6. The van der Waals surface area contributed by atoms with Crippen molar-refractivity contribution in [3.05, 3.63) is 0 Å². The van der Waals surface area contributed by atoms with Crippen LogP contribution in [0.2, 0.25) is 0 Å². The number of amides is 1. The highest BCUT2D eigenvalue weighted by Gasteiger charge is 2.30. The number of rotatable bonds is 5. The summed E-state index contributed by atoms with van der Waals surface area (Å²) in [6.07, 6.45) is 10.3. The molecule has 3 nitrogen and oxygen atoms in total. The van der Waals surface area contributed by atoms with Crippen molar-refractivity contribution in [3.8, 4) is 0 Å². The van der Waals surface area contributed by atoms with Crippen molar-refractivity contribution in [1.82, 2.24) is 9.80 Å². The number of carbonyl (C=O) groups is 1. The van der Waals surface area contributed by atoms with Crippen LogP contribution in [0.3, 0.4) is 0 Å². The fourth-order valence-electron chi connectivity index (χ4n) is 4.11. The second kappa shape index (κ2) is 7.44. The van der Waals surface area contributed by atoms with E-state index in [0.717, 1.165) is 6.54 Å². The molecule has 0 aromatic carbocycles. The van der Waals surface area contributed by atoms with Gasteiger partial charge in [-0.1, -0.05) is 39.5 Å². The van der Waals surface area contributed by atoms with Gasteiger partial charge in [0.15, 0.2) is 0 Å². The first-order chi connectivity index (χ1) is 9.63. The quantitative estimate of drug-likeness (QED) is 0.771. The summed E-state index contributed by atoms with van der Waals surface area (Å²) in [4.78, 5) is 17.1. The van der Waals surface area contributed by atoms with E-state index < -0.39 is 0 Å². The average molecular weight is 280 g/mol. The zero-order chi connectivity index (χ0) is 14.5. The maximum atomic E-state index is 12.6. The molecule has 2 atom stereocenters. The van der Waals surface area contributed by atoms with Gasteiger partial charge in [-0.2, -0.15) is 0 Å². The van der Waals surface area contributed by atoms with Crippen molar-refractivity contribution in [3.63, 3.8) is 0 Å². The van der Waals surface area contributed by atoms with Crippen LogP contribution in [0, 0.1) is 5.92 Å². The minimum absolute atomic E-state index is 0.331. The Morgan fingerprint density at radius 1 is 1.05 bits per heavy atom. The van der Waals surface area contributed by atoms with Crippen LogP contribution in [0.1, 0.15) is 65.2 Å². The fourth-order valence-corrected chi connectivity index (χ4v) is 4.11. The molecule has 2 aliphatic rings. The summed E-state index contributed by atoms with van der Waals surface area (Å²) in [5.74, 6) is 0.997. The standard InChI is InChI=1S/C17H32N2O/c1-4-19(15-10-6-7-11-15)13-17(20)18(3)16-12-8-5-9-14(16)2/h14-16H,4-13H2,1-3H3. The first kappa shape index (κ1) is 15.8. The lowest BCUT2D eigenvalue weighted by Crippen LogP contribution is -2.48. The largest absolute Gasteiger partial charge is 0.341 e. The van der Waals surface area contributed by atoms with Gasteiger partial charge in [-0.05, 0) is 38.1 Å². The molecule has 0 aromatic heterocycles. The summed E-state index contributed by atoms with van der Waals surface area (Å²) in [6.45, 7) is 6.13. The summed E-state index contributed by atoms with van der Waals surface area (Å²) in [5, 5.41) is 0. The van der Waals surface area contributed by atoms with Crippen LogP contribution in [0.15, 0.2) is 0 Å². The highest BCUT2D eigenvalue weighted by atomic mass is 16.2. The van der Waals surface area contributed by atoms with Gasteiger partial charge in [0.05, 0.1) is 6.54 Å². The van der Waals surface area contributed by atoms with Crippen molar-refractivity contribution in [2.75, 3.05) is 20.1 Å². The Kier molecular flexibility index (Phi) is 5.88. The molecule has 0 aliphatic heterocycles. The first-order valence-corrected chi connectivity index (χ1v) is 8.63. The van der Waals surface area contributed by atoms with Crippen molar-refractivity contribution < 1.29 is 4.79 Å². The van der Waals surface area contributed by atoms with Gasteiger partial charge in [0.2, 0.25) is 5.91 Å². The third kappa shape index (κ3) is 3.75. The topological polar surface area (TPSA) is 23.6 Å². The second-order valence-corrected chi connectivity index (χ2v) is 6.84. The van der Waals surface area contributed by atoms with E-state index in [2.05, 4.69) is 23.6 Å². The summed E-state index contributed by atoms with van der Waals surface area (Å²) in [7, 11) is 2.03. The molecule has 2 saturated carbocycles. The molecule has 0 heterocycles. The minimum atomic E-state index is 0.331. The zero-order valence-electron chi connectivity index (χ0n) is 13.6. The maximum Gasteiger partial charge on any atom is 0.236 e. The Morgan fingerprint density at radius 3 is 2.25 bits per heavy atom. The van der Waals surface area contributed by atoms with Crippen molar-refractivity contribution in [2.24, 2.45) is 5.92 Å². The molecule has 1 amide bonds. The number of nitrogens with zero attached hydrogens (tertiary/aromatic N) is 2. The highest BCUT2D eigenvalue weighted by molar-refractivity contribution is 5.78. The second-order valence-electron chi connectivity index (χ2n) is 6.84. The Morgan fingerprint density at radius 2 is 1.65 bits per heavy atom. The third-order valence-corrected chi connectivity index (χ3v) is 5.54. The van der Waals surface area contributed by atoms with Gasteiger partial charge in [0, 0.05) is 19.1 Å². The molecule has 2 unspecified atom stereocenters. The molecular formula is C17H32N2O. The van der Waals surface area contributed by atoms with Crippen molar-refractivity contribution in [1.29, 1.82) is 0 Å². The molecule has 0 saturated heterocycles. The van der Waals surface area contributed by atoms with Gasteiger partial charge < -0.3 is 4.90 Å². The summed E-state index contributed by atoms with van der Waals surface area (Å²) in [6, 6.07) is 1.12. The van der Waals surface area contributed by atoms with Gasteiger partial charge in [0.25, 0.3) is 0 Å². The molecule has 116 valence electrons. The van der Waals surface area contributed by atoms with Gasteiger partial charge >= 0.3 is 0 Å². The molecule has 0 spiro atoms. The molecule has 2 fully saturated rings. The van der Waals surface area contributed by atoms with Gasteiger partial charge in [-0.3, -0.25) is 9.69 Å². The van der Waals surface area contributed by atoms with E-state index in [4.69, 9.17) is 0 Å². The molecule has 0 bridgehead atoms. The van der Waals surface area contributed by atoms with Crippen molar-refractivity contribution >= 4 is 5.91 Å². The van der Waals surface area contributed by atoms with E-state index in [1.54, 1.807) is 0 Å². The minimum Gasteiger partial charge on any atom is -0.341 e. The van der Waals surface area contributed by atoms with Gasteiger partial charge in [0.1, 0.15) is 0 Å². The molecule has 20 heavy (non-hydrogen) atoms. The fraction of sp³-hybridized carbons (Fsp3) is 0.941. The van der Waals surface area contributed by atoms with E-state index >= 15 is 0 Å². The first-order valence-electron chi connectivity index (χ1n) is 8.63. The molecular weight excluding hydrogens is 248 g/mol. The molecule has 0 radical (unpaired) electrons. The van der Waals surface area contributed by atoms with Crippen LogP contribution >= 0.6 is 0 Å². The van der Waals surface area contributed by atoms with Gasteiger partial charge in [-0.15, -0.1) is 0 Å². The number of hydrogen-bond acceptors (Lipinski definition) is 2. The molecule has 0 N–H and O–H groups in total. The highest BCUT2D eigenvalue weighted by Crippen LogP contribution is 2.28.